The molecule has 0 fully saturated rings. The summed E-state index contributed by atoms with van der Waals surface area (Å²) in [6.07, 6.45) is -0.788. The van der Waals surface area contributed by atoms with E-state index in [4.69, 9.17) is 19.4 Å². The third-order valence-corrected chi connectivity index (χ3v) is 4.96. The molecule has 1 unspecified atom stereocenters. The fraction of sp³-hybridized carbons (Fsp3) is 0.318. The summed E-state index contributed by atoms with van der Waals surface area (Å²) in [5.74, 6) is -2.01. The summed E-state index contributed by atoms with van der Waals surface area (Å²) in [5.41, 5.74) is 4.36. The van der Waals surface area contributed by atoms with E-state index in [2.05, 4.69) is 5.32 Å². The fourth-order valence-electron chi connectivity index (χ4n) is 3.56. The number of likely N-dealkylation sites (N-methyl/N-ethyl adjacent to an activating group) is 1. The lowest BCUT2D eigenvalue weighted by Gasteiger charge is -2.23. The Morgan fingerprint density at radius 1 is 1.06 bits per heavy atom. The highest BCUT2D eigenvalue weighted by Crippen LogP contribution is 2.44. The van der Waals surface area contributed by atoms with Crippen LogP contribution in [0.4, 0.5) is 4.79 Å². The van der Waals surface area contributed by atoms with Crippen LogP contribution in [0.2, 0.25) is 0 Å². The van der Waals surface area contributed by atoms with Crippen molar-refractivity contribution in [1.29, 1.82) is 0 Å². The van der Waals surface area contributed by atoms with Gasteiger partial charge in [0.2, 0.25) is 0 Å². The number of fused-ring (bicyclic) bond motifs is 3. The zero-order valence-corrected chi connectivity index (χ0v) is 17.2. The lowest BCUT2D eigenvalue weighted by atomic mass is 9.98. The molecule has 2 amide bonds. The topological polar surface area (TPSA) is 114 Å². The normalized spacial score (nSPS) is 13.1. The van der Waals surface area contributed by atoms with Crippen LogP contribution < -0.4 is 5.32 Å². The van der Waals surface area contributed by atoms with Crippen molar-refractivity contribution < 1.29 is 33.8 Å². The molecule has 31 heavy (non-hydrogen) atoms. The third kappa shape index (κ3) is 5.19. The molecule has 1 aliphatic rings. The lowest BCUT2D eigenvalue weighted by Crippen LogP contribution is -2.50. The number of aliphatic carboxylic acids is 1. The number of rotatable bonds is 9. The number of alkyl carbamates (subject to hydrolysis) is 1. The zero-order valence-electron chi connectivity index (χ0n) is 17.2. The Hall–Kier alpha value is -3.43. The second-order valence-corrected chi connectivity index (χ2v) is 6.98. The van der Waals surface area contributed by atoms with E-state index in [1.165, 1.54) is 14.2 Å². The van der Waals surface area contributed by atoms with Crippen molar-refractivity contribution in [2.45, 2.75) is 12.0 Å². The summed E-state index contributed by atoms with van der Waals surface area (Å²) in [5, 5.41) is 11.9. The summed E-state index contributed by atoms with van der Waals surface area (Å²) < 4.78 is 10.4. The fourth-order valence-corrected chi connectivity index (χ4v) is 3.56. The van der Waals surface area contributed by atoms with Crippen molar-refractivity contribution in [2.24, 2.45) is 0 Å². The van der Waals surface area contributed by atoms with Gasteiger partial charge in [0.25, 0.3) is 5.91 Å². The van der Waals surface area contributed by atoms with Crippen molar-refractivity contribution in [3.05, 3.63) is 59.7 Å². The predicted octanol–water partition coefficient (Wildman–Crippen LogP) is 2.01. The van der Waals surface area contributed by atoms with E-state index in [1.54, 1.807) is 0 Å². The first-order valence-electron chi connectivity index (χ1n) is 9.65. The molecule has 1 atom stereocenters. The van der Waals surface area contributed by atoms with Gasteiger partial charge in [-0.05, 0) is 22.3 Å². The Morgan fingerprint density at radius 2 is 1.65 bits per heavy atom. The van der Waals surface area contributed by atoms with E-state index in [-0.39, 0.29) is 19.1 Å². The SMILES string of the molecule is COCC(NC(=O)OCC1c2ccccc2-c2ccccc21)C(=O)N(C)OCC(=O)O. The number of hydroxylamine groups is 2. The van der Waals surface area contributed by atoms with Crippen molar-refractivity contribution >= 4 is 18.0 Å². The molecule has 2 N–H and O–H groups in total. The lowest BCUT2D eigenvalue weighted by molar-refractivity contribution is -0.188. The Labute approximate surface area is 179 Å². The van der Waals surface area contributed by atoms with E-state index in [9.17, 15) is 14.4 Å². The van der Waals surface area contributed by atoms with Gasteiger partial charge >= 0.3 is 12.1 Å². The highest BCUT2D eigenvalue weighted by Gasteiger charge is 2.30. The van der Waals surface area contributed by atoms with E-state index in [0.717, 1.165) is 27.3 Å². The number of amides is 2. The maximum atomic E-state index is 12.4. The van der Waals surface area contributed by atoms with Gasteiger partial charge < -0.3 is 19.9 Å². The van der Waals surface area contributed by atoms with Crippen LogP contribution in [0.3, 0.4) is 0 Å². The first-order chi connectivity index (χ1) is 14.9. The molecule has 0 spiro atoms. The smallest absolute Gasteiger partial charge is 0.407 e. The molecule has 0 aliphatic heterocycles. The number of hydrogen-bond donors (Lipinski definition) is 2. The number of ether oxygens (including phenoxy) is 2. The van der Waals surface area contributed by atoms with Gasteiger partial charge in [-0.2, -0.15) is 0 Å². The summed E-state index contributed by atoms with van der Waals surface area (Å²) >= 11 is 0. The van der Waals surface area contributed by atoms with Crippen LogP contribution in [0.25, 0.3) is 11.1 Å². The first-order valence-corrected chi connectivity index (χ1v) is 9.65. The quantitative estimate of drug-likeness (QED) is 0.587. The average molecular weight is 428 g/mol. The van der Waals surface area contributed by atoms with Gasteiger partial charge in [-0.15, -0.1) is 0 Å². The number of carboxylic acids is 1. The summed E-state index contributed by atoms with van der Waals surface area (Å²) in [7, 11) is 2.63. The number of benzene rings is 2. The maximum absolute atomic E-state index is 12.4. The molecule has 2 aromatic rings. The van der Waals surface area contributed by atoms with Gasteiger partial charge in [-0.3, -0.25) is 9.63 Å². The molecule has 9 nitrogen and oxygen atoms in total. The van der Waals surface area contributed by atoms with E-state index in [1.807, 2.05) is 48.5 Å². The molecule has 3 rings (SSSR count). The molecule has 0 aromatic heterocycles. The van der Waals surface area contributed by atoms with Gasteiger partial charge in [0.15, 0.2) is 6.61 Å². The summed E-state index contributed by atoms with van der Waals surface area (Å²) in [4.78, 5) is 40.3. The molecule has 164 valence electrons. The molecular weight excluding hydrogens is 404 g/mol. The Bertz CT molecular complexity index is 917. The number of nitrogens with zero attached hydrogens (tertiary/aromatic N) is 1. The molecule has 1 aliphatic carbocycles. The number of carbonyl (C=O) groups excluding carboxylic acids is 2. The third-order valence-electron chi connectivity index (χ3n) is 4.96. The number of carbonyl (C=O) groups is 3. The van der Waals surface area contributed by atoms with Gasteiger partial charge in [-0.1, -0.05) is 48.5 Å². The number of methoxy groups -OCH3 is 1. The van der Waals surface area contributed by atoms with Crippen molar-refractivity contribution in [3.63, 3.8) is 0 Å². The van der Waals surface area contributed by atoms with Crippen molar-refractivity contribution in [3.8, 4) is 11.1 Å². The maximum Gasteiger partial charge on any atom is 0.407 e. The van der Waals surface area contributed by atoms with Crippen molar-refractivity contribution in [1.82, 2.24) is 10.4 Å². The van der Waals surface area contributed by atoms with Crippen LogP contribution in [0.15, 0.2) is 48.5 Å². The monoisotopic (exact) mass is 428 g/mol. The Balaban J connectivity index is 1.63. The molecule has 9 heteroatoms. The highest BCUT2D eigenvalue weighted by molar-refractivity contribution is 5.85. The van der Waals surface area contributed by atoms with Crippen LogP contribution >= 0.6 is 0 Å². The molecule has 0 saturated heterocycles. The van der Waals surface area contributed by atoms with Crippen LogP contribution in [-0.4, -0.2) is 68.2 Å². The summed E-state index contributed by atoms with van der Waals surface area (Å²) in [6, 6.07) is 14.8. The second kappa shape index (κ2) is 10.1. The summed E-state index contributed by atoms with van der Waals surface area (Å²) in [6.45, 7) is -0.726. The number of nitrogens with one attached hydrogen (secondary N) is 1. The molecule has 0 bridgehead atoms. The first kappa shape index (κ1) is 22.3. The minimum atomic E-state index is -1.23. The molecular formula is C22H24N2O7. The number of carboxylic acid groups (broad SMARTS) is 1. The predicted molar refractivity (Wildman–Crippen MR) is 110 cm³/mol. The zero-order chi connectivity index (χ0) is 22.4. The van der Waals surface area contributed by atoms with E-state index in [0.29, 0.717) is 0 Å². The molecule has 0 radical (unpaired) electrons. The van der Waals surface area contributed by atoms with Gasteiger partial charge in [0, 0.05) is 20.1 Å². The highest BCUT2D eigenvalue weighted by atomic mass is 16.7. The van der Waals surface area contributed by atoms with Gasteiger partial charge in [0.1, 0.15) is 12.6 Å². The second-order valence-electron chi connectivity index (χ2n) is 6.98. The largest absolute Gasteiger partial charge is 0.479 e. The standard InChI is InChI=1S/C22H24N2O7/c1-24(31-13-20(25)26)21(27)19(12-29-2)23-22(28)30-11-18-16-9-5-3-7-14(16)15-8-4-6-10-17(15)18/h3-10,18-19H,11-13H2,1-2H3,(H,23,28)(H,25,26). The molecule has 0 saturated carbocycles. The van der Waals surface area contributed by atoms with E-state index < -0.39 is 30.6 Å². The minimum Gasteiger partial charge on any atom is -0.479 e. The van der Waals surface area contributed by atoms with E-state index >= 15 is 0 Å². The number of hydrogen-bond acceptors (Lipinski definition) is 6. The van der Waals surface area contributed by atoms with Crippen LogP contribution in [0.5, 0.6) is 0 Å². The minimum absolute atomic E-state index is 0.0963. The van der Waals surface area contributed by atoms with Crippen LogP contribution in [0.1, 0.15) is 17.0 Å². The molecule has 2 aromatic carbocycles. The van der Waals surface area contributed by atoms with Crippen LogP contribution in [-0.2, 0) is 23.9 Å². The van der Waals surface area contributed by atoms with Gasteiger partial charge in [0.05, 0.1) is 6.61 Å². The van der Waals surface area contributed by atoms with Gasteiger partial charge in [-0.25, -0.2) is 14.7 Å². The Kier molecular flexibility index (Phi) is 7.22. The average Bonchev–Trinajstić information content (AvgIpc) is 3.09. The molecule has 0 heterocycles. The van der Waals surface area contributed by atoms with Crippen LogP contribution in [0, 0.1) is 0 Å². The van der Waals surface area contributed by atoms with Crippen molar-refractivity contribution in [2.75, 3.05) is 34.0 Å². The Morgan fingerprint density at radius 3 is 2.19 bits per heavy atom.